The van der Waals surface area contributed by atoms with Crippen LogP contribution < -0.4 is 5.32 Å². The highest BCUT2D eigenvalue weighted by atomic mass is 32.2. The van der Waals surface area contributed by atoms with Crippen LogP contribution in [0.25, 0.3) is 0 Å². The molecule has 0 saturated carbocycles. The van der Waals surface area contributed by atoms with Crippen LogP contribution in [0.15, 0.2) is 24.3 Å². The van der Waals surface area contributed by atoms with Gasteiger partial charge in [0.25, 0.3) is 0 Å². The fourth-order valence-electron chi connectivity index (χ4n) is 2.65. The number of hydrogen-bond donors (Lipinski definition) is 1. The molecule has 0 saturated heterocycles. The number of thioether (sulfide) groups is 1. The van der Waals surface area contributed by atoms with E-state index in [4.69, 9.17) is 0 Å². The average molecular weight is 249 g/mol. The van der Waals surface area contributed by atoms with Crippen LogP contribution in [-0.2, 0) is 0 Å². The first-order valence-electron chi connectivity index (χ1n) is 6.70. The molecule has 2 heteroatoms. The number of nitrogens with one attached hydrogen (secondary N) is 1. The van der Waals surface area contributed by atoms with Crippen molar-refractivity contribution in [2.45, 2.75) is 50.2 Å². The highest BCUT2D eigenvalue weighted by Crippen LogP contribution is 2.42. The van der Waals surface area contributed by atoms with Gasteiger partial charge in [-0.25, -0.2) is 0 Å². The van der Waals surface area contributed by atoms with E-state index in [1.807, 2.05) is 0 Å². The molecule has 2 rings (SSSR count). The second-order valence-corrected chi connectivity index (χ2v) is 6.74. The Morgan fingerprint density at radius 3 is 2.65 bits per heavy atom. The SMILES string of the molecule is CCCNC1CC(C)SC(C)c2ccccc21. The summed E-state index contributed by atoms with van der Waals surface area (Å²) in [5.74, 6) is 0. The molecular weight excluding hydrogens is 226 g/mol. The number of rotatable bonds is 3. The Kier molecular flexibility index (Phi) is 4.52. The number of fused-ring (bicyclic) bond motifs is 1. The van der Waals surface area contributed by atoms with Gasteiger partial charge >= 0.3 is 0 Å². The van der Waals surface area contributed by atoms with E-state index < -0.39 is 0 Å². The van der Waals surface area contributed by atoms with Gasteiger partial charge in [0.05, 0.1) is 0 Å². The first kappa shape index (κ1) is 13.0. The lowest BCUT2D eigenvalue weighted by atomic mass is 9.95. The van der Waals surface area contributed by atoms with Crippen LogP contribution in [0.2, 0.25) is 0 Å². The quantitative estimate of drug-likeness (QED) is 0.856. The second-order valence-electron chi connectivity index (χ2n) is 4.96. The Balaban J connectivity index is 2.28. The molecule has 1 aliphatic heterocycles. The zero-order chi connectivity index (χ0) is 12.3. The molecule has 0 spiro atoms. The summed E-state index contributed by atoms with van der Waals surface area (Å²) in [5, 5.41) is 5.05. The number of benzene rings is 1. The van der Waals surface area contributed by atoms with Gasteiger partial charge in [-0.15, -0.1) is 0 Å². The van der Waals surface area contributed by atoms with Crippen LogP contribution in [0.4, 0.5) is 0 Å². The fraction of sp³-hybridized carbons (Fsp3) is 0.600. The molecule has 1 heterocycles. The van der Waals surface area contributed by atoms with Crippen molar-refractivity contribution in [1.29, 1.82) is 0 Å². The van der Waals surface area contributed by atoms with Gasteiger partial charge in [-0.3, -0.25) is 0 Å². The molecule has 0 radical (unpaired) electrons. The van der Waals surface area contributed by atoms with Crippen molar-refractivity contribution in [1.82, 2.24) is 5.32 Å². The summed E-state index contributed by atoms with van der Waals surface area (Å²) < 4.78 is 0. The summed E-state index contributed by atoms with van der Waals surface area (Å²) in [7, 11) is 0. The molecule has 0 amide bonds. The van der Waals surface area contributed by atoms with E-state index in [0.717, 1.165) is 11.8 Å². The first-order chi connectivity index (χ1) is 8.22. The third-order valence-electron chi connectivity index (χ3n) is 3.45. The van der Waals surface area contributed by atoms with Crippen molar-refractivity contribution < 1.29 is 0 Å². The Morgan fingerprint density at radius 1 is 1.24 bits per heavy atom. The summed E-state index contributed by atoms with van der Waals surface area (Å²) in [6.07, 6.45) is 2.45. The standard InChI is InChI=1S/C15H23NS/c1-4-9-16-15-10-11(2)17-12(3)13-7-5-6-8-14(13)15/h5-8,11-12,15-16H,4,9-10H2,1-3H3. The van der Waals surface area contributed by atoms with Crippen molar-refractivity contribution in [3.05, 3.63) is 35.4 Å². The van der Waals surface area contributed by atoms with Gasteiger partial charge in [0.2, 0.25) is 0 Å². The van der Waals surface area contributed by atoms with Crippen LogP contribution in [0.1, 0.15) is 56.0 Å². The van der Waals surface area contributed by atoms with Crippen LogP contribution in [-0.4, -0.2) is 11.8 Å². The van der Waals surface area contributed by atoms with E-state index in [0.29, 0.717) is 11.3 Å². The summed E-state index contributed by atoms with van der Waals surface area (Å²) in [5.41, 5.74) is 3.04. The molecule has 0 aliphatic carbocycles. The van der Waals surface area contributed by atoms with Gasteiger partial charge in [0.1, 0.15) is 0 Å². The molecule has 0 fully saturated rings. The van der Waals surface area contributed by atoms with Crippen LogP contribution in [0.3, 0.4) is 0 Å². The van der Waals surface area contributed by atoms with E-state index in [1.54, 1.807) is 0 Å². The molecule has 0 bridgehead atoms. The smallest absolute Gasteiger partial charge is 0.0333 e. The third-order valence-corrected chi connectivity index (χ3v) is 4.77. The van der Waals surface area contributed by atoms with Gasteiger partial charge < -0.3 is 5.32 Å². The predicted molar refractivity (Wildman–Crippen MR) is 77.6 cm³/mol. The monoisotopic (exact) mass is 249 g/mol. The summed E-state index contributed by atoms with van der Waals surface area (Å²) in [6, 6.07) is 9.48. The van der Waals surface area contributed by atoms with Crippen LogP contribution in [0.5, 0.6) is 0 Å². The zero-order valence-electron chi connectivity index (χ0n) is 11.1. The molecule has 94 valence electrons. The first-order valence-corrected chi connectivity index (χ1v) is 7.64. The molecule has 3 unspecified atom stereocenters. The normalized spacial score (nSPS) is 28.5. The van der Waals surface area contributed by atoms with E-state index in [1.165, 1.54) is 24.0 Å². The lowest BCUT2D eigenvalue weighted by Gasteiger charge is -2.20. The highest BCUT2D eigenvalue weighted by Gasteiger charge is 2.25. The zero-order valence-corrected chi connectivity index (χ0v) is 11.9. The van der Waals surface area contributed by atoms with Gasteiger partial charge in [0.15, 0.2) is 0 Å². The van der Waals surface area contributed by atoms with Crippen LogP contribution >= 0.6 is 11.8 Å². The topological polar surface area (TPSA) is 12.0 Å². The van der Waals surface area contributed by atoms with Gasteiger partial charge in [0, 0.05) is 16.5 Å². The van der Waals surface area contributed by atoms with Crippen molar-refractivity contribution >= 4 is 11.8 Å². The molecule has 3 atom stereocenters. The molecule has 0 aromatic heterocycles. The molecule has 1 aromatic carbocycles. The minimum Gasteiger partial charge on any atom is -0.310 e. The molecular formula is C15H23NS. The average Bonchev–Trinajstić information content (AvgIpc) is 2.45. The Morgan fingerprint density at radius 2 is 1.94 bits per heavy atom. The van der Waals surface area contributed by atoms with Gasteiger partial charge in [-0.05, 0) is 37.4 Å². The van der Waals surface area contributed by atoms with Gasteiger partial charge in [-0.1, -0.05) is 38.1 Å². The Labute approximate surface area is 109 Å². The maximum absolute atomic E-state index is 3.71. The largest absolute Gasteiger partial charge is 0.310 e. The van der Waals surface area contributed by atoms with E-state index in [-0.39, 0.29) is 0 Å². The summed E-state index contributed by atoms with van der Waals surface area (Å²) >= 11 is 2.10. The molecule has 1 N–H and O–H groups in total. The fourth-order valence-corrected chi connectivity index (χ4v) is 4.01. The minimum atomic E-state index is 0.540. The Hall–Kier alpha value is -0.470. The van der Waals surface area contributed by atoms with Crippen molar-refractivity contribution in [2.24, 2.45) is 0 Å². The Bertz CT molecular complexity index is 364. The maximum atomic E-state index is 3.71. The van der Waals surface area contributed by atoms with Crippen LogP contribution in [0, 0.1) is 0 Å². The summed E-state index contributed by atoms with van der Waals surface area (Å²) in [4.78, 5) is 0. The lowest BCUT2D eigenvalue weighted by Crippen LogP contribution is -2.24. The molecule has 1 aromatic rings. The predicted octanol–water partition coefficient (Wildman–Crippen LogP) is 4.31. The second kappa shape index (κ2) is 5.92. The minimum absolute atomic E-state index is 0.540. The molecule has 1 nitrogen and oxygen atoms in total. The lowest BCUT2D eigenvalue weighted by molar-refractivity contribution is 0.499. The van der Waals surface area contributed by atoms with E-state index in [2.05, 4.69) is 62.1 Å². The van der Waals surface area contributed by atoms with E-state index in [9.17, 15) is 0 Å². The molecule has 17 heavy (non-hydrogen) atoms. The van der Waals surface area contributed by atoms with E-state index >= 15 is 0 Å². The van der Waals surface area contributed by atoms with Crippen molar-refractivity contribution in [3.8, 4) is 0 Å². The number of hydrogen-bond acceptors (Lipinski definition) is 2. The molecule has 1 aliphatic rings. The van der Waals surface area contributed by atoms with Crippen molar-refractivity contribution in [3.63, 3.8) is 0 Å². The summed E-state index contributed by atoms with van der Waals surface area (Å²) in [6.45, 7) is 8.04. The van der Waals surface area contributed by atoms with Gasteiger partial charge in [-0.2, -0.15) is 11.8 Å². The highest BCUT2D eigenvalue weighted by molar-refractivity contribution is 8.00. The third kappa shape index (κ3) is 3.05. The van der Waals surface area contributed by atoms with Crippen molar-refractivity contribution in [2.75, 3.05) is 6.54 Å². The maximum Gasteiger partial charge on any atom is 0.0333 e.